The Kier molecular flexibility index (Phi) is 3.82. The van der Waals surface area contributed by atoms with Gasteiger partial charge in [-0.05, 0) is 43.0 Å². The van der Waals surface area contributed by atoms with Crippen molar-refractivity contribution in [3.63, 3.8) is 0 Å². The number of carbonyl (C=O) groups excluding carboxylic acids is 1. The minimum Gasteiger partial charge on any atom is -0.281 e. The van der Waals surface area contributed by atoms with E-state index in [0.29, 0.717) is 5.56 Å². The number of benzene rings is 1. The van der Waals surface area contributed by atoms with E-state index < -0.39 is 0 Å². The van der Waals surface area contributed by atoms with Gasteiger partial charge in [0.25, 0.3) is 0 Å². The fraction of sp³-hybridized carbons (Fsp3) is 0.0769. The van der Waals surface area contributed by atoms with Crippen LogP contribution in [0.3, 0.4) is 0 Å². The average Bonchev–Trinajstić information content (AvgIpc) is 2.32. The van der Waals surface area contributed by atoms with Crippen LogP contribution < -0.4 is 0 Å². The van der Waals surface area contributed by atoms with Gasteiger partial charge in [-0.25, -0.2) is 4.98 Å². The van der Waals surface area contributed by atoms with Crippen molar-refractivity contribution >= 4 is 28.5 Å². The van der Waals surface area contributed by atoms with Crippen molar-refractivity contribution in [3.8, 4) is 0 Å². The van der Waals surface area contributed by atoms with E-state index in [9.17, 15) is 4.79 Å². The maximum atomic E-state index is 12.0. The Morgan fingerprint density at radius 1 is 1.24 bits per heavy atom. The molecule has 0 atom stereocenters. The third kappa shape index (κ3) is 3.08. The maximum Gasteiger partial charge on any atom is 0.227 e. The van der Waals surface area contributed by atoms with Gasteiger partial charge in [0.15, 0.2) is 0 Å². The monoisotopic (exact) mass is 263 g/mol. The molecule has 0 aliphatic heterocycles. The van der Waals surface area contributed by atoms with Crippen molar-refractivity contribution in [2.45, 2.75) is 11.8 Å². The lowest BCUT2D eigenvalue weighted by molar-refractivity contribution is 0.108. The van der Waals surface area contributed by atoms with E-state index in [1.165, 1.54) is 5.56 Å². The van der Waals surface area contributed by atoms with Gasteiger partial charge in [0.2, 0.25) is 5.12 Å². The van der Waals surface area contributed by atoms with E-state index in [1.54, 1.807) is 18.3 Å². The normalized spacial score (nSPS) is 10.2. The summed E-state index contributed by atoms with van der Waals surface area (Å²) >= 11 is 7.02. The largest absolute Gasteiger partial charge is 0.281 e. The van der Waals surface area contributed by atoms with Gasteiger partial charge in [0.05, 0.1) is 5.56 Å². The number of hydrogen-bond donors (Lipinski definition) is 0. The highest BCUT2D eigenvalue weighted by Crippen LogP contribution is 2.25. The van der Waals surface area contributed by atoms with Crippen molar-refractivity contribution < 1.29 is 4.79 Å². The molecule has 86 valence electrons. The first-order valence-corrected chi connectivity index (χ1v) is 6.25. The van der Waals surface area contributed by atoms with Crippen LogP contribution in [0.25, 0.3) is 0 Å². The minimum atomic E-state index is -0.0908. The van der Waals surface area contributed by atoms with Gasteiger partial charge in [0.1, 0.15) is 5.15 Å². The Morgan fingerprint density at radius 2 is 1.94 bits per heavy atom. The topological polar surface area (TPSA) is 30.0 Å². The van der Waals surface area contributed by atoms with Gasteiger partial charge in [-0.1, -0.05) is 29.3 Å². The SMILES string of the molecule is Cc1ccc(SC(=O)c2cccnc2Cl)cc1. The van der Waals surface area contributed by atoms with Crippen molar-refractivity contribution in [2.24, 2.45) is 0 Å². The number of aryl methyl sites for hydroxylation is 1. The number of aromatic nitrogens is 1. The van der Waals surface area contributed by atoms with Crippen LogP contribution in [-0.2, 0) is 0 Å². The molecule has 0 fully saturated rings. The molecule has 0 spiro atoms. The number of hydrogen-bond acceptors (Lipinski definition) is 3. The number of pyridine rings is 1. The summed E-state index contributed by atoms with van der Waals surface area (Å²) in [7, 11) is 0. The van der Waals surface area contributed by atoms with Crippen LogP contribution in [-0.4, -0.2) is 10.1 Å². The van der Waals surface area contributed by atoms with E-state index in [4.69, 9.17) is 11.6 Å². The average molecular weight is 264 g/mol. The lowest BCUT2D eigenvalue weighted by Crippen LogP contribution is -1.95. The minimum absolute atomic E-state index is 0.0908. The van der Waals surface area contributed by atoms with Crippen LogP contribution in [0.5, 0.6) is 0 Å². The summed E-state index contributed by atoms with van der Waals surface area (Å²) in [6.45, 7) is 2.01. The number of rotatable bonds is 2. The van der Waals surface area contributed by atoms with Crippen molar-refractivity contribution in [2.75, 3.05) is 0 Å². The smallest absolute Gasteiger partial charge is 0.227 e. The highest BCUT2D eigenvalue weighted by molar-refractivity contribution is 8.14. The molecule has 2 nitrogen and oxygen atoms in total. The van der Waals surface area contributed by atoms with Crippen LogP contribution in [0, 0.1) is 6.92 Å². The fourth-order valence-electron chi connectivity index (χ4n) is 1.31. The second kappa shape index (κ2) is 5.34. The van der Waals surface area contributed by atoms with E-state index in [2.05, 4.69) is 4.98 Å². The first kappa shape index (κ1) is 12.1. The second-order valence-electron chi connectivity index (χ2n) is 3.54. The first-order valence-electron chi connectivity index (χ1n) is 5.06. The molecule has 0 aliphatic carbocycles. The van der Waals surface area contributed by atoms with Crippen LogP contribution in [0.2, 0.25) is 5.15 Å². The number of halogens is 1. The number of carbonyl (C=O) groups is 1. The van der Waals surface area contributed by atoms with Crippen LogP contribution in [0.1, 0.15) is 15.9 Å². The molecule has 4 heteroatoms. The van der Waals surface area contributed by atoms with Crippen LogP contribution in [0.15, 0.2) is 47.5 Å². The summed E-state index contributed by atoms with van der Waals surface area (Å²) < 4.78 is 0. The highest BCUT2D eigenvalue weighted by Gasteiger charge is 2.12. The van der Waals surface area contributed by atoms with Gasteiger partial charge in [-0.2, -0.15) is 0 Å². The van der Waals surface area contributed by atoms with Gasteiger partial charge in [-0.3, -0.25) is 4.79 Å². The standard InChI is InChI=1S/C13H10ClNOS/c1-9-4-6-10(7-5-9)17-13(16)11-3-2-8-15-12(11)14/h2-8H,1H3. The molecule has 0 unspecified atom stereocenters. The number of thioether (sulfide) groups is 1. The molecule has 1 aromatic heterocycles. The Hall–Kier alpha value is -1.32. The van der Waals surface area contributed by atoms with Gasteiger partial charge in [-0.15, -0.1) is 0 Å². The molecule has 0 radical (unpaired) electrons. The van der Waals surface area contributed by atoms with Crippen LogP contribution in [0.4, 0.5) is 0 Å². The molecule has 0 amide bonds. The number of nitrogens with zero attached hydrogens (tertiary/aromatic N) is 1. The van der Waals surface area contributed by atoms with Crippen LogP contribution >= 0.6 is 23.4 Å². The molecule has 0 bridgehead atoms. The van der Waals surface area contributed by atoms with Crippen molar-refractivity contribution in [3.05, 3.63) is 58.9 Å². The Bertz CT molecular complexity index is 539. The Balaban J connectivity index is 2.17. The zero-order chi connectivity index (χ0) is 12.3. The molecule has 0 saturated heterocycles. The molecule has 1 aromatic carbocycles. The Labute approximate surface area is 109 Å². The van der Waals surface area contributed by atoms with Gasteiger partial charge < -0.3 is 0 Å². The van der Waals surface area contributed by atoms with Crippen molar-refractivity contribution in [1.82, 2.24) is 4.98 Å². The highest BCUT2D eigenvalue weighted by atomic mass is 35.5. The summed E-state index contributed by atoms with van der Waals surface area (Å²) in [6, 6.07) is 11.2. The lowest BCUT2D eigenvalue weighted by Gasteiger charge is -2.02. The molecular formula is C13H10ClNOS. The summed E-state index contributed by atoms with van der Waals surface area (Å²) in [5, 5.41) is 0.157. The molecule has 0 N–H and O–H groups in total. The molecular weight excluding hydrogens is 254 g/mol. The van der Waals surface area contributed by atoms with E-state index in [-0.39, 0.29) is 10.3 Å². The third-order valence-corrected chi connectivity index (χ3v) is 3.42. The first-order chi connectivity index (χ1) is 8.16. The van der Waals surface area contributed by atoms with E-state index >= 15 is 0 Å². The summed E-state index contributed by atoms with van der Waals surface area (Å²) in [6.07, 6.45) is 1.57. The predicted molar refractivity (Wildman–Crippen MR) is 70.6 cm³/mol. The molecule has 0 aliphatic rings. The second-order valence-corrected chi connectivity index (χ2v) is 4.95. The fourth-order valence-corrected chi connectivity index (χ4v) is 2.33. The van der Waals surface area contributed by atoms with Gasteiger partial charge >= 0.3 is 0 Å². The summed E-state index contributed by atoms with van der Waals surface area (Å²) in [5.41, 5.74) is 1.61. The molecule has 2 aromatic rings. The summed E-state index contributed by atoms with van der Waals surface area (Å²) in [4.78, 5) is 16.7. The molecule has 0 saturated carbocycles. The van der Waals surface area contributed by atoms with E-state index in [1.807, 2.05) is 31.2 Å². The quantitative estimate of drug-likeness (QED) is 0.606. The zero-order valence-corrected chi connectivity index (χ0v) is 10.8. The lowest BCUT2D eigenvalue weighted by atomic mass is 10.2. The molecule has 2 rings (SSSR count). The Morgan fingerprint density at radius 3 is 2.59 bits per heavy atom. The zero-order valence-electron chi connectivity index (χ0n) is 9.18. The maximum absolute atomic E-state index is 12.0. The molecule has 1 heterocycles. The molecule has 17 heavy (non-hydrogen) atoms. The van der Waals surface area contributed by atoms with E-state index in [0.717, 1.165) is 16.7 Å². The predicted octanol–water partition coefficient (Wildman–Crippen LogP) is 3.98. The van der Waals surface area contributed by atoms with Crippen molar-refractivity contribution in [1.29, 1.82) is 0 Å². The summed E-state index contributed by atoms with van der Waals surface area (Å²) in [5.74, 6) is 0. The third-order valence-electron chi connectivity index (χ3n) is 2.21. The van der Waals surface area contributed by atoms with Gasteiger partial charge in [0, 0.05) is 11.1 Å².